The Kier molecular flexibility index (Phi) is 4.90. The Labute approximate surface area is 153 Å². The Morgan fingerprint density at radius 3 is 2.16 bits per heavy atom. The molecule has 5 nitrogen and oxygen atoms in total. The van der Waals surface area contributed by atoms with Crippen molar-refractivity contribution in [3.05, 3.63) is 34.9 Å². The smallest absolute Gasteiger partial charge is 0.265 e. The third-order valence-corrected chi connectivity index (χ3v) is 5.42. The number of likely N-dealkylation sites (N-methyl/N-ethyl adjacent to an activating group) is 2. The van der Waals surface area contributed by atoms with Gasteiger partial charge in [0.1, 0.15) is 5.57 Å². The summed E-state index contributed by atoms with van der Waals surface area (Å²) in [7, 11) is 3.18. The maximum Gasteiger partial charge on any atom is 0.265 e. The fourth-order valence-electron chi connectivity index (χ4n) is 3.40. The van der Waals surface area contributed by atoms with E-state index in [1.165, 1.54) is 34.7 Å². The van der Waals surface area contributed by atoms with E-state index >= 15 is 0 Å². The van der Waals surface area contributed by atoms with Crippen LogP contribution >= 0.6 is 12.2 Å². The van der Waals surface area contributed by atoms with Gasteiger partial charge in [-0.3, -0.25) is 19.4 Å². The molecule has 6 heteroatoms. The number of carbonyl (C=O) groups is 2. The molecule has 1 aromatic rings. The van der Waals surface area contributed by atoms with Crippen LogP contribution in [0.3, 0.4) is 0 Å². The minimum absolute atomic E-state index is 0.142. The van der Waals surface area contributed by atoms with E-state index in [4.69, 9.17) is 12.2 Å². The van der Waals surface area contributed by atoms with Crippen molar-refractivity contribution in [2.24, 2.45) is 0 Å². The van der Waals surface area contributed by atoms with E-state index in [1.807, 2.05) is 12.1 Å². The van der Waals surface area contributed by atoms with Crippen molar-refractivity contribution in [3.8, 4) is 0 Å². The fraction of sp³-hybridized carbons (Fsp3) is 0.421. The summed E-state index contributed by atoms with van der Waals surface area (Å²) < 4.78 is 0. The monoisotopic (exact) mass is 357 g/mol. The van der Waals surface area contributed by atoms with Crippen LogP contribution in [-0.2, 0) is 9.59 Å². The topological polar surface area (TPSA) is 43.9 Å². The molecule has 0 radical (unpaired) electrons. The molecule has 25 heavy (non-hydrogen) atoms. The Morgan fingerprint density at radius 1 is 1.00 bits per heavy atom. The summed E-state index contributed by atoms with van der Waals surface area (Å²) in [6, 6.07) is 6.09. The van der Waals surface area contributed by atoms with Crippen molar-refractivity contribution in [3.63, 3.8) is 0 Å². The zero-order valence-corrected chi connectivity index (χ0v) is 15.7. The fourth-order valence-corrected chi connectivity index (χ4v) is 3.57. The Hall–Kier alpha value is -2.21. The van der Waals surface area contributed by atoms with E-state index in [-0.39, 0.29) is 22.5 Å². The van der Waals surface area contributed by atoms with Crippen LogP contribution in [0.2, 0.25) is 0 Å². The number of hydrogen-bond acceptors (Lipinski definition) is 4. The van der Waals surface area contributed by atoms with Crippen molar-refractivity contribution in [1.82, 2.24) is 9.80 Å². The van der Waals surface area contributed by atoms with E-state index in [2.05, 4.69) is 17.9 Å². The second-order valence-electron chi connectivity index (χ2n) is 6.66. The second-order valence-corrected chi connectivity index (χ2v) is 7.03. The molecule has 2 saturated heterocycles. The number of benzene rings is 1. The van der Waals surface area contributed by atoms with Crippen molar-refractivity contribution >= 4 is 40.9 Å². The number of piperidine rings is 1. The lowest BCUT2D eigenvalue weighted by molar-refractivity contribution is -0.132. The van der Waals surface area contributed by atoms with Gasteiger partial charge in [0.2, 0.25) is 0 Å². The van der Waals surface area contributed by atoms with Gasteiger partial charge in [0.05, 0.1) is 0 Å². The molecule has 0 N–H and O–H groups in total. The van der Waals surface area contributed by atoms with Gasteiger partial charge in [-0.15, -0.1) is 0 Å². The molecule has 1 aromatic carbocycles. The molecule has 0 bridgehead atoms. The first-order chi connectivity index (χ1) is 11.9. The molecule has 2 aliphatic rings. The molecule has 2 fully saturated rings. The lowest BCUT2D eigenvalue weighted by Gasteiger charge is -2.32. The third-order valence-electron chi connectivity index (χ3n) is 4.87. The quantitative estimate of drug-likeness (QED) is 0.464. The van der Waals surface area contributed by atoms with Gasteiger partial charge in [-0.1, -0.05) is 6.07 Å². The van der Waals surface area contributed by atoms with E-state index in [0.29, 0.717) is 0 Å². The molecule has 0 atom stereocenters. The van der Waals surface area contributed by atoms with Gasteiger partial charge in [0.25, 0.3) is 11.8 Å². The summed E-state index contributed by atoms with van der Waals surface area (Å²) >= 11 is 5.11. The number of rotatable bonds is 2. The lowest BCUT2D eigenvalue weighted by Crippen LogP contribution is -2.52. The Balaban J connectivity index is 1.90. The Morgan fingerprint density at radius 2 is 1.60 bits per heavy atom. The van der Waals surface area contributed by atoms with Crippen LogP contribution in [0.15, 0.2) is 23.8 Å². The number of aryl methyl sites for hydroxylation is 1. The number of hydrogen-bond donors (Lipinski definition) is 0. The molecule has 0 saturated carbocycles. The molecular formula is C19H23N3O2S. The van der Waals surface area contributed by atoms with Gasteiger partial charge in [-0.25, -0.2) is 0 Å². The normalized spacial score (nSPS) is 18.9. The molecule has 0 aliphatic carbocycles. The third kappa shape index (κ3) is 3.31. The average molecular weight is 357 g/mol. The van der Waals surface area contributed by atoms with Gasteiger partial charge in [-0.2, -0.15) is 0 Å². The zero-order valence-electron chi connectivity index (χ0n) is 14.9. The summed E-state index contributed by atoms with van der Waals surface area (Å²) in [6.45, 7) is 4.25. The van der Waals surface area contributed by atoms with Gasteiger partial charge in [0, 0.05) is 32.9 Å². The second kappa shape index (κ2) is 6.96. The standard InChI is InChI=1S/C19H23N3O2S/c1-13-11-14(7-8-16(13)22-9-5-4-6-10-22)12-15-17(23)20(2)19(25)21(3)18(15)24/h7-8,11-12H,4-6,9-10H2,1-3H3. The van der Waals surface area contributed by atoms with Crippen LogP contribution in [0.5, 0.6) is 0 Å². The number of nitrogens with zero attached hydrogens (tertiary/aromatic N) is 3. The van der Waals surface area contributed by atoms with Crippen LogP contribution in [0.25, 0.3) is 6.08 Å². The molecule has 0 spiro atoms. The molecule has 132 valence electrons. The summed E-state index contributed by atoms with van der Waals surface area (Å²) in [5.41, 5.74) is 3.39. The summed E-state index contributed by atoms with van der Waals surface area (Å²) in [6.07, 6.45) is 5.42. The Bertz CT molecular complexity index is 740. The highest BCUT2D eigenvalue weighted by atomic mass is 32.1. The first kappa shape index (κ1) is 17.6. The molecule has 2 heterocycles. The largest absolute Gasteiger partial charge is 0.371 e. The predicted octanol–water partition coefficient (Wildman–Crippen LogP) is 2.58. The minimum Gasteiger partial charge on any atom is -0.371 e. The van der Waals surface area contributed by atoms with Gasteiger partial charge in [-0.05, 0) is 67.7 Å². The summed E-state index contributed by atoms with van der Waals surface area (Å²) in [5, 5.41) is 0.226. The first-order valence-electron chi connectivity index (χ1n) is 8.57. The first-order valence-corrected chi connectivity index (χ1v) is 8.98. The highest BCUT2D eigenvalue weighted by Crippen LogP contribution is 2.26. The predicted molar refractivity (Wildman–Crippen MR) is 103 cm³/mol. The van der Waals surface area contributed by atoms with Crippen LogP contribution in [0.4, 0.5) is 5.69 Å². The lowest BCUT2D eigenvalue weighted by atomic mass is 10.0. The van der Waals surface area contributed by atoms with Crippen molar-refractivity contribution in [1.29, 1.82) is 0 Å². The molecule has 3 rings (SSSR count). The van der Waals surface area contributed by atoms with E-state index in [1.54, 1.807) is 20.2 Å². The SMILES string of the molecule is Cc1cc(C=C2C(=O)N(C)C(=S)N(C)C2=O)ccc1N1CCCCC1. The maximum atomic E-state index is 12.4. The molecule has 0 unspecified atom stereocenters. The molecule has 2 amide bonds. The molecule has 2 aliphatic heterocycles. The van der Waals surface area contributed by atoms with Crippen molar-refractivity contribution in [2.75, 3.05) is 32.1 Å². The minimum atomic E-state index is -0.356. The van der Waals surface area contributed by atoms with Gasteiger partial charge >= 0.3 is 0 Å². The van der Waals surface area contributed by atoms with Crippen LogP contribution in [0.1, 0.15) is 30.4 Å². The van der Waals surface area contributed by atoms with Crippen molar-refractivity contribution < 1.29 is 9.59 Å². The van der Waals surface area contributed by atoms with Gasteiger partial charge in [0.15, 0.2) is 5.11 Å². The summed E-state index contributed by atoms with van der Waals surface area (Å²) in [5.74, 6) is -0.711. The van der Waals surface area contributed by atoms with E-state index in [0.717, 1.165) is 24.2 Å². The maximum absolute atomic E-state index is 12.4. The van der Waals surface area contributed by atoms with Crippen molar-refractivity contribution in [2.45, 2.75) is 26.2 Å². The number of thiocarbonyl (C=S) groups is 1. The van der Waals surface area contributed by atoms with E-state index < -0.39 is 0 Å². The molecular weight excluding hydrogens is 334 g/mol. The number of carbonyl (C=O) groups excluding carboxylic acids is 2. The number of anilines is 1. The van der Waals surface area contributed by atoms with Crippen LogP contribution in [0, 0.1) is 6.92 Å². The summed E-state index contributed by atoms with van der Waals surface area (Å²) in [4.78, 5) is 29.9. The van der Waals surface area contributed by atoms with Crippen LogP contribution < -0.4 is 4.90 Å². The highest BCUT2D eigenvalue weighted by molar-refractivity contribution is 7.80. The molecule has 0 aromatic heterocycles. The van der Waals surface area contributed by atoms with E-state index in [9.17, 15) is 9.59 Å². The van der Waals surface area contributed by atoms with Gasteiger partial charge < -0.3 is 4.90 Å². The number of amides is 2. The zero-order chi connectivity index (χ0) is 18.1. The highest BCUT2D eigenvalue weighted by Gasteiger charge is 2.35. The average Bonchev–Trinajstić information content (AvgIpc) is 2.63. The van der Waals surface area contributed by atoms with Crippen LogP contribution in [-0.4, -0.2) is 53.9 Å².